The van der Waals surface area contributed by atoms with E-state index in [2.05, 4.69) is 30.6 Å². The van der Waals surface area contributed by atoms with E-state index >= 15 is 0 Å². The second-order valence-corrected chi connectivity index (χ2v) is 12.3. The van der Waals surface area contributed by atoms with Gasteiger partial charge in [-0.2, -0.15) is 0 Å². The van der Waals surface area contributed by atoms with Crippen molar-refractivity contribution in [3.8, 4) is 45.4 Å². The minimum absolute atomic E-state index is 0.0280. The zero-order valence-electron chi connectivity index (χ0n) is 25.7. The first kappa shape index (κ1) is 33.5. The number of benzene rings is 2. The van der Waals surface area contributed by atoms with Crippen LogP contribution in [0.15, 0.2) is 48.8 Å². The molecule has 0 fully saturated rings. The molecule has 0 atom stereocenters. The molecular formula is C32H38Cl2N6O4. The summed E-state index contributed by atoms with van der Waals surface area (Å²) in [4.78, 5) is 18.5. The van der Waals surface area contributed by atoms with Gasteiger partial charge in [0.2, 0.25) is 11.8 Å². The van der Waals surface area contributed by atoms with Gasteiger partial charge in [0.1, 0.15) is 11.4 Å². The maximum Gasteiger partial charge on any atom is 0.237 e. The number of hydrogen-bond donors (Lipinski definition) is 4. The lowest BCUT2D eigenvalue weighted by molar-refractivity contribution is 0.186. The van der Waals surface area contributed by atoms with Crippen molar-refractivity contribution >= 4 is 23.2 Å². The van der Waals surface area contributed by atoms with E-state index in [1.165, 1.54) is 14.2 Å². The number of nitrogens with one attached hydrogen (secondary N) is 2. The molecule has 2 aromatic heterocycles. The highest BCUT2D eigenvalue weighted by atomic mass is 35.5. The van der Waals surface area contributed by atoms with Crippen LogP contribution in [0.2, 0.25) is 10.0 Å². The van der Waals surface area contributed by atoms with Crippen molar-refractivity contribution in [3.05, 3.63) is 70.2 Å². The van der Waals surface area contributed by atoms with Gasteiger partial charge in [0.15, 0.2) is 0 Å². The zero-order chi connectivity index (χ0) is 32.1. The van der Waals surface area contributed by atoms with Gasteiger partial charge >= 0.3 is 0 Å². The molecule has 4 N–H and O–H groups in total. The summed E-state index contributed by atoms with van der Waals surface area (Å²) in [5, 5.41) is 26.5. The van der Waals surface area contributed by atoms with Crippen LogP contribution in [0.4, 0.5) is 0 Å². The fourth-order valence-electron chi connectivity index (χ4n) is 4.26. The number of rotatable bonds is 13. The highest BCUT2D eigenvalue weighted by Crippen LogP contribution is 2.42. The van der Waals surface area contributed by atoms with Crippen LogP contribution >= 0.6 is 23.2 Å². The van der Waals surface area contributed by atoms with E-state index in [1.54, 1.807) is 12.4 Å². The molecule has 44 heavy (non-hydrogen) atoms. The summed E-state index contributed by atoms with van der Waals surface area (Å²) in [7, 11) is 3.07. The maximum absolute atomic E-state index is 9.55. The SMILES string of the molecule is COc1nc(-c2cccc(-c3cccc(-c4cnc(CNC(C)(C)CO)c(OC)n4)c3Cl)c2Cl)cnc1CNC(C)(C)CO. The van der Waals surface area contributed by atoms with Crippen molar-refractivity contribution in [2.45, 2.75) is 51.9 Å². The number of ether oxygens (including phenoxy) is 2. The fourth-order valence-corrected chi connectivity index (χ4v) is 4.91. The topological polar surface area (TPSA) is 135 Å². The smallest absolute Gasteiger partial charge is 0.237 e. The second-order valence-electron chi connectivity index (χ2n) is 11.5. The molecule has 12 heteroatoms. The van der Waals surface area contributed by atoms with Gasteiger partial charge in [-0.05, 0) is 27.7 Å². The summed E-state index contributed by atoms with van der Waals surface area (Å²) >= 11 is 14.0. The number of nitrogens with zero attached hydrogens (tertiary/aromatic N) is 4. The van der Waals surface area contributed by atoms with Crippen molar-refractivity contribution in [2.75, 3.05) is 27.4 Å². The van der Waals surface area contributed by atoms with Crippen LogP contribution in [0.5, 0.6) is 11.8 Å². The number of halogens is 2. The van der Waals surface area contributed by atoms with E-state index < -0.39 is 11.1 Å². The molecule has 0 aliphatic heterocycles. The van der Waals surface area contributed by atoms with Crippen molar-refractivity contribution in [3.63, 3.8) is 0 Å². The van der Waals surface area contributed by atoms with Crippen LogP contribution in [0.1, 0.15) is 39.1 Å². The lowest BCUT2D eigenvalue weighted by atomic mass is 9.98. The average Bonchev–Trinajstić information content (AvgIpc) is 3.03. The van der Waals surface area contributed by atoms with Gasteiger partial charge in [0.25, 0.3) is 0 Å². The Hall–Kier alpha value is -3.38. The third kappa shape index (κ3) is 7.63. The van der Waals surface area contributed by atoms with Gasteiger partial charge in [-0.25, -0.2) is 9.97 Å². The van der Waals surface area contributed by atoms with Crippen LogP contribution in [0, 0.1) is 0 Å². The second kappa shape index (κ2) is 14.2. The molecule has 10 nitrogen and oxygen atoms in total. The summed E-state index contributed by atoms with van der Waals surface area (Å²) in [5.41, 5.74) is 4.07. The molecule has 0 unspecified atom stereocenters. The van der Waals surface area contributed by atoms with Gasteiger partial charge in [0.05, 0.1) is 61.3 Å². The van der Waals surface area contributed by atoms with Crippen molar-refractivity contribution in [2.24, 2.45) is 0 Å². The molecule has 234 valence electrons. The molecular weight excluding hydrogens is 603 g/mol. The van der Waals surface area contributed by atoms with Gasteiger partial charge in [-0.15, -0.1) is 0 Å². The maximum atomic E-state index is 9.55. The Morgan fingerprint density at radius 2 is 1.02 bits per heavy atom. The monoisotopic (exact) mass is 640 g/mol. The van der Waals surface area contributed by atoms with E-state index in [9.17, 15) is 10.2 Å². The molecule has 0 saturated heterocycles. The lowest BCUT2D eigenvalue weighted by Gasteiger charge is -2.23. The van der Waals surface area contributed by atoms with E-state index in [-0.39, 0.29) is 13.2 Å². The number of aliphatic hydroxyl groups excluding tert-OH is 2. The van der Waals surface area contributed by atoms with Gasteiger partial charge in [-0.1, -0.05) is 59.6 Å². The normalized spacial score (nSPS) is 12.0. The quantitative estimate of drug-likeness (QED) is 0.152. The highest BCUT2D eigenvalue weighted by molar-refractivity contribution is 6.39. The molecule has 0 radical (unpaired) electrons. The summed E-state index contributed by atoms with van der Waals surface area (Å²) in [5.74, 6) is 0.715. The molecule has 0 bridgehead atoms. The summed E-state index contributed by atoms with van der Waals surface area (Å²) in [6, 6.07) is 11.3. The Kier molecular flexibility index (Phi) is 10.8. The number of aromatic nitrogens is 4. The zero-order valence-corrected chi connectivity index (χ0v) is 27.2. The Bertz CT molecular complexity index is 1500. The molecule has 2 heterocycles. The first-order valence-corrected chi connectivity index (χ1v) is 14.8. The van der Waals surface area contributed by atoms with Gasteiger partial charge in [0, 0.05) is 46.4 Å². The largest absolute Gasteiger partial charge is 0.480 e. The number of aliphatic hydroxyl groups is 2. The minimum atomic E-state index is -0.482. The Morgan fingerprint density at radius 1 is 0.659 bits per heavy atom. The average molecular weight is 642 g/mol. The molecule has 0 saturated carbocycles. The predicted octanol–water partition coefficient (Wildman–Crippen LogP) is 5.31. The molecule has 2 aromatic carbocycles. The Labute approximate surface area is 267 Å². The van der Waals surface area contributed by atoms with Crippen LogP contribution in [-0.2, 0) is 13.1 Å². The first-order chi connectivity index (χ1) is 20.9. The molecule has 0 aliphatic rings. The summed E-state index contributed by atoms with van der Waals surface area (Å²) < 4.78 is 11.1. The first-order valence-electron chi connectivity index (χ1n) is 14.0. The standard InChI is InChI=1S/C32H38Cl2N6O4/c1-31(2,17-41)37-15-25-29(43-5)39-23(13-35-25)21-11-7-9-19(27(21)33)20-10-8-12-22(28(20)34)24-14-36-26(30(40-24)44-6)16-38-32(3,4)18-42/h7-14,37-38,41-42H,15-18H2,1-6H3. The molecule has 4 aromatic rings. The van der Waals surface area contributed by atoms with Crippen molar-refractivity contribution < 1.29 is 19.7 Å². The number of methoxy groups -OCH3 is 2. The van der Waals surface area contributed by atoms with Gasteiger partial charge < -0.3 is 30.3 Å². The highest BCUT2D eigenvalue weighted by Gasteiger charge is 2.21. The van der Waals surface area contributed by atoms with Crippen molar-refractivity contribution in [1.82, 2.24) is 30.6 Å². The van der Waals surface area contributed by atoms with E-state index in [1.807, 2.05) is 64.1 Å². The fraction of sp³-hybridized carbons (Fsp3) is 0.375. The molecule has 0 amide bonds. The van der Waals surface area contributed by atoms with E-state index in [0.717, 1.165) is 0 Å². The molecule has 0 spiro atoms. The number of hydrogen-bond acceptors (Lipinski definition) is 10. The molecule has 0 aliphatic carbocycles. The third-order valence-electron chi connectivity index (χ3n) is 7.11. The third-order valence-corrected chi connectivity index (χ3v) is 7.92. The van der Waals surface area contributed by atoms with Crippen molar-refractivity contribution in [1.29, 1.82) is 0 Å². The van der Waals surface area contributed by atoms with Gasteiger partial charge in [-0.3, -0.25) is 9.97 Å². The Balaban J connectivity index is 1.67. The van der Waals surface area contributed by atoms with Crippen LogP contribution < -0.4 is 20.1 Å². The van der Waals surface area contributed by atoms with Crippen LogP contribution in [0.25, 0.3) is 33.6 Å². The molecule has 4 rings (SSSR count). The Morgan fingerprint density at radius 3 is 1.36 bits per heavy atom. The summed E-state index contributed by atoms with van der Waals surface area (Å²) in [6.07, 6.45) is 3.29. The van der Waals surface area contributed by atoms with Crippen LogP contribution in [-0.4, -0.2) is 68.7 Å². The lowest BCUT2D eigenvalue weighted by Crippen LogP contribution is -2.42. The minimum Gasteiger partial charge on any atom is -0.480 e. The van der Waals surface area contributed by atoms with E-state index in [0.29, 0.717) is 79.9 Å². The summed E-state index contributed by atoms with van der Waals surface area (Å²) in [6.45, 7) is 8.25. The van der Waals surface area contributed by atoms with E-state index in [4.69, 9.17) is 32.7 Å². The predicted molar refractivity (Wildman–Crippen MR) is 173 cm³/mol. The van der Waals surface area contributed by atoms with Crippen LogP contribution in [0.3, 0.4) is 0 Å².